The van der Waals surface area contributed by atoms with Crippen molar-refractivity contribution in [1.29, 1.82) is 0 Å². The second-order valence-electron chi connectivity index (χ2n) is 6.00. The number of aromatic nitrogens is 4. The molecular formula is C17H16F3N5OS. The molecule has 0 fully saturated rings. The lowest BCUT2D eigenvalue weighted by molar-refractivity contribution is -0.137. The first kappa shape index (κ1) is 19.0. The molecule has 0 N–H and O–H groups in total. The molecule has 10 heteroatoms. The normalized spacial score (nSPS) is 11.6. The van der Waals surface area contributed by atoms with E-state index in [0.717, 1.165) is 27.4 Å². The van der Waals surface area contributed by atoms with E-state index in [1.54, 1.807) is 23.3 Å². The van der Waals surface area contributed by atoms with Gasteiger partial charge in [-0.05, 0) is 41.3 Å². The molecule has 1 amide bonds. The minimum atomic E-state index is -4.45. The third-order valence-electron chi connectivity index (χ3n) is 3.95. The van der Waals surface area contributed by atoms with E-state index in [1.165, 1.54) is 12.1 Å². The number of nitrogens with zero attached hydrogens (tertiary/aromatic N) is 5. The molecule has 142 valence electrons. The molecule has 1 aromatic carbocycles. The monoisotopic (exact) mass is 395 g/mol. The molecule has 0 spiro atoms. The highest BCUT2D eigenvalue weighted by Gasteiger charge is 2.30. The zero-order valence-electron chi connectivity index (χ0n) is 14.6. The predicted molar refractivity (Wildman–Crippen MR) is 93.8 cm³/mol. The van der Waals surface area contributed by atoms with Crippen LogP contribution in [0.15, 0.2) is 35.7 Å². The van der Waals surface area contributed by atoms with Crippen molar-refractivity contribution >= 4 is 17.2 Å². The Labute approximate surface area is 157 Å². The minimum Gasteiger partial charge on any atom is -0.339 e. The SMILES string of the molecule is Cc1ccsc1CN(C)C(=O)Cn1nnc(-c2cccc(C(F)(F)F)c2)n1. The van der Waals surface area contributed by atoms with Crippen LogP contribution in [0.5, 0.6) is 0 Å². The van der Waals surface area contributed by atoms with Crippen molar-refractivity contribution < 1.29 is 18.0 Å². The number of likely N-dealkylation sites (N-methyl/N-ethyl adjacent to an activating group) is 1. The number of thiophene rings is 1. The number of carbonyl (C=O) groups is 1. The van der Waals surface area contributed by atoms with Crippen molar-refractivity contribution in [2.24, 2.45) is 0 Å². The Hall–Kier alpha value is -2.75. The molecule has 0 saturated heterocycles. The van der Waals surface area contributed by atoms with Crippen molar-refractivity contribution in [3.05, 3.63) is 51.7 Å². The van der Waals surface area contributed by atoms with Crippen LogP contribution in [0.1, 0.15) is 16.0 Å². The topological polar surface area (TPSA) is 63.9 Å². The Bertz CT molecular complexity index is 950. The van der Waals surface area contributed by atoms with Crippen molar-refractivity contribution in [3.63, 3.8) is 0 Å². The standard InChI is InChI=1S/C17H16F3N5OS/c1-11-6-7-27-14(11)9-24(2)15(26)10-25-22-16(21-23-25)12-4-3-5-13(8-12)17(18,19)20/h3-8H,9-10H2,1-2H3. The van der Waals surface area contributed by atoms with Gasteiger partial charge in [-0.1, -0.05) is 12.1 Å². The quantitative estimate of drug-likeness (QED) is 0.664. The molecule has 3 aromatic rings. The van der Waals surface area contributed by atoms with Gasteiger partial charge in [-0.25, -0.2) is 0 Å². The van der Waals surface area contributed by atoms with Crippen LogP contribution < -0.4 is 0 Å². The van der Waals surface area contributed by atoms with Gasteiger partial charge >= 0.3 is 6.18 Å². The summed E-state index contributed by atoms with van der Waals surface area (Å²) in [6.07, 6.45) is -4.45. The van der Waals surface area contributed by atoms with E-state index in [4.69, 9.17) is 0 Å². The number of rotatable bonds is 5. The van der Waals surface area contributed by atoms with Crippen LogP contribution in [0, 0.1) is 6.92 Å². The molecule has 27 heavy (non-hydrogen) atoms. The zero-order chi connectivity index (χ0) is 19.6. The minimum absolute atomic E-state index is 0.0330. The molecule has 6 nitrogen and oxygen atoms in total. The summed E-state index contributed by atoms with van der Waals surface area (Å²) >= 11 is 1.57. The van der Waals surface area contributed by atoms with Crippen molar-refractivity contribution in [3.8, 4) is 11.4 Å². The summed E-state index contributed by atoms with van der Waals surface area (Å²) in [4.78, 5) is 16.0. The average Bonchev–Trinajstić information content (AvgIpc) is 3.24. The number of amides is 1. The van der Waals surface area contributed by atoms with Gasteiger partial charge in [-0.2, -0.15) is 18.0 Å². The fourth-order valence-corrected chi connectivity index (χ4v) is 3.33. The maximum atomic E-state index is 12.8. The molecule has 2 heterocycles. The second-order valence-corrected chi connectivity index (χ2v) is 7.00. The van der Waals surface area contributed by atoms with Gasteiger partial charge in [0.1, 0.15) is 6.54 Å². The number of hydrogen-bond acceptors (Lipinski definition) is 5. The molecule has 2 aromatic heterocycles. The van der Waals surface area contributed by atoms with Gasteiger partial charge in [0.25, 0.3) is 0 Å². The first-order valence-electron chi connectivity index (χ1n) is 7.96. The summed E-state index contributed by atoms with van der Waals surface area (Å²) in [5.74, 6) is -0.193. The summed E-state index contributed by atoms with van der Waals surface area (Å²) in [5, 5.41) is 13.5. The first-order chi connectivity index (χ1) is 12.7. The fourth-order valence-electron chi connectivity index (χ4n) is 2.37. The number of benzene rings is 1. The average molecular weight is 395 g/mol. The van der Waals surface area contributed by atoms with Crippen LogP contribution in [0.25, 0.3) is 11.4 Å². The number of hydrogen-bond donors (Lipinski definition) is 0. The van der Waals surface area contributed by atoms with Crippen LogP contribution in [0.3, 0.4) is 0 Å². The lowest BCUT2D eigenvalue weighted by Gasteiger charge is -2.16. The Morgan fingerprint density at radius 2 is 2.07 bits per heavy atom. The molecule has 0 aliphatic rings. The predicted octanol–water partition coefficient (Wildman–Crippen LogP) is 3.39. The van der Waals surface area contributed by atoms with Gasteiger partial charge in [0.05, 0.1) is 12.1 Å². The van der Waals surface area contributed by atoms with Crippen LogP contribution in [0.4, 0.5) is 13.2 Å². The molecular weight excluding hydrogens is 379 g/mol. The Balaban J connectivity index is 1.69. The van der Waals surface area contributed by atoms with E-state index in [1.807, 2.05) is 18.4 Å². The molecule has 0 radical (unpaired) electrons. The maximum Gasteiger partial charge on any atom is 0.416 e. The lowest BCUT2D eigenvalue weighted by Crippen LogP contribution is -2.30. The highest BCUT2D eigenvalue weighted by atomic mass is 32.1. The number of aryl methyl sites for hydroxylation is 1. The molecule has 3 rings (SSSR count). The van der Waals surface area contributed by atoms with Gasteiger partial charge in [0.2, 0.25) is 11.7 Å². The molecule has 0 saturated carbocycles. The van der Waals surface area contributed by atoms with E-state index < -0.39 is 11.7 Å². The third kappa shape index (κ3) is 4.51. The van der Waals surface area contributed by atoms with Crippen LogP contribution in [-0.2, 0) is 24.1 Å². The fraction of sp³-hybridized carbons (Fsp3) is 0.294. The molecule has 0 atom stereocenters. The summed E-state index contributed by atoms with van der Waals surface area (Å²) < 4.78 is 38.5. The Kier molecular flexibility index (Phi) is 5.26. The summed E-state index contributed by atoms with van der Waals surface area (Å²) in [7, 11) is 1.67. The van der Waals surface area contributed by atoms with Crippen LogP contribution in [0.2, 0.25) is 0 Å². The first-order valence-corrected chi connectivity index (χ1v) is 8.84. The zero-order valence-corrected chi connectivity index (χ0v) is 15.4. The third-order valence-corrected chi connectivity index (χ3v) is 4.96. The van der Waals surface area contributed by atoms with Gasteiger partial charge < -0.3 is 4.90 Å². The van der Waals surface area contributed by atoms with E-state index in [-0.39, 0.29) is 23.8 Å². The smallest absolute Gasteiger partial charge is 0.339 e. The summed E-state index contributed by atoms with van der Waals surface area (Å²) in [6, 6.07) is 6.65. The van der Waals surface area contributed by atoms with Gasteiger partial charge in [-0.15, -0.1) is 21.5 Å². The number of tetrazole rings is 1. The van der Waals surface area contributed by atoms with Gasteiger partial charge in [0.15, 0.2) is 0 Å². The summed E-state index contributed by atoms with van der Waals surface area (Å²) in [5.41, 5.74) is 0.509. The maximum absolute atomic E-state index is 12.8. The second kappa shape index (κ2) is 7.47. The van der Waals surface area contributed by atoms with Crippen molar-refractivity contribution in [2.45, 2.75) is 26.2 Å². The van der Waals surface area contributed by atoms with Gasteiger partial charge in [0, 0.05) is 17.5 Å². The molecule has 0 bridgehead atoms. The largest absolute Gasteiger partial charge is 0.416 e. The van der Waals surface area contributed by atoms with E-state index in [9.17, 15) is 18.0 Å². The van der Waals surface area contributed by atoms with Crippen LogP contribution in [-0.4, -0.2) is 38.1 Å². The molecule has 0 aliphatic heterocycles. The van der Waals surface area contributed by atoms with Crippen molar-refractivity contribution in [2.75, 3.05) is 7.05 Å². The van der Waals surface area contributed by atoms with Crippen LogP contribution >= 0.6 is 11.3 Å². The van der Waals surface area contributed by atoms with E-state index in [0.29, 0.717) is 6.54 Å². The number of halogens is 3. The Morgan fingerprint density at radius 3 is 2.74 bits per heavy atom. The number of alkyl halides is 3. The highest BCUT2D eigenvalue weighted by molar-refractivity contribution is 7.10. The molecule has 0 aliphatic carbocycles. The Morgan fingerprint density at radius 1 is 1.30 bits per heavy atom. The van der Waals surface area contributed by atoms with E-state index in [2.05, 4.69) is 15.4 Å². The van der Waals surface area contributed by atoms with Gasteiger partial charge in [-0.3, -0.25) is 4.79 Å². The summed E-state index contributed by atoms with van der Waals surface area (Å²) in [6.45, 7) is 2.30. The lowest BCUT2D eigenvalue weighted by atomic mass is 10.1. The molecule has 0 unspecified atom stereocenters. The van der Waals surface area contributed by atoms with E-state index >= 15 is 0 Å². The van der Waals surface area contributed by atoms with Crippen molar-refractivity contribution in [1.82, 2.24) is 25.1 Å². The number of carbonyl (C=O) groups excluding carboxylic acids is 1. The highest BCUT2D eigenvalue weighted by Crippen LogP contribution is 2.31.